The van der Waals surface area contributed by atoms with Crippen molar-refractivity contribution < 1.29 is 14.6 Å². The van der Waals surface area contributed by atoms with Crippen LogP contribution in [-0.4, -0.2) is 53.9 Å². The Morgan fingerprint density at radius 1 is 1.43 bits per heavy atom. The molecule has 23 heavy (non-hydrogen) atoms. The number of fused-ring (bicyclic) bond motifs is 1. The third-order valence-corrected chi connectivity index (χ3v) is 4.88. The van der Waals surface area contributed by atoms with Gasteiger partial charge in [-0.1, -0.05) is 24.3 Å². The molecule has 0 saturated carbocycles. The lowest BCUT2D eigenvalue weighted by Crippen LogP contribution is -2.48. The number of rotatable bonds is 5. The van der Waals surface area contributed by atoms with Crippen LogP contribution < -0.4 is 5.32 Å². The number of hydrogen-bond acceptors (Lipinski definition) is 4. The fourth-order valence-electron chi connectivity index (χ4n) is 3.43. The third kappa shape index (κ3) is 3.91. The molecule has 5 heteroatoms. The summed E-state index contributed by atoms with van der Waals surface area (Å²) in [6.45, 7) is 5.12. The second-order valence-corrected chi connectivity index (χ2v) is 6.80. The summed E-state index contributed by atoms with van der Waals surface area (Å²) < 4.78 is 5.52. The van der Waals surface area contributed by atoms with Crippen molar-refractivity contribution in [3.63, 3.8) is 0 Å². The van der Waals surface area contributed by atoms with Crippen LogP contribution in [0.2, 0.25) is 0 Å². The predicted molar refractivity (Wildman–Crippen MR) is 88.0 cm³/mol. The smallest absolute Gasteiger partial charge is 0.252 e. The zero-order valence-electron chi connectivity index (χ0n) is 13.8. The highest BCUT2D eigenvalue weighted by Crippen LogP contribution is 2.25. The van der Waals surface area contributed by atoms with Crippen molar-refractivity contribution in [2.24, 2.45) is 0 Å². The number of aliphatic hydroxyl groups is 1. The molecular weight excluding hydrogens is 292 g/mol. The highest BCUT2D eigenvalue weighted by molar-refractivity contribution is 5.85. The molecule has 0 aromatic heterocycles. The van der Waals surface area contributed by atoms with Crippen molar-refractivity contribution in [1.82, 2.24) is 10.2 Å². The molecule has 5 nitrogen and oxygen atoms in total. The summed E-state index contributed by atoms with van der Waals surface area (Å²) in [5.41, 5.74) is 2.02. The van der Waals surface area contributed by atoms with Gasteiger partial charge in [0.1, 0.15) is 5.60 Å². The minimum atomic E-state index is -0.718. The Hall–Kier alpha value is -1.43. The Kier molecular flexibility index (Phi) is 4.99. The molecule has 1 amide bonds. The van der Waals surface area contributed by atoms with Crippen molar-refractivity contribution in [2.45, 2.75) is 44.4 Å². The van der Waals surface area contributed by atoms with Crippen LogP contribution in [0.15, 0.2) is 24.3 Å². The number of ether oxygens (including phenoxy) is 1. The molecule has 1 saturated heterocycles. The van der Waals surface area contributed by atoms with Gasteiger partial charge in [-0.15, -0.1) is 0 Å². The van der Waals surface area contributed by atoms with E-state index in [0.717, 1.165) is 32.4 Å². The van der Waals surface area contributed by atoms with Crippen molar-refractivity contribution in [3.05, 3.63) is 35.4 Å². The van der Waals surface area contributed by atoms with Gasteiger partial charge in [-0.3, -0.25) is 9.69 Å². The number of aliphatic hydroxyl groups excluding tert-OH is 1. The number of carbonyl (C=O) groups excluding carboxylic acids is 1. The molecule has 2 aliphatic heterocycles. The van der Waals surface area contributed by atoms with Crippen LogP contribution in [0, 0.1) is 0 Å². The number of amides is 1. The van der Waals surface area contributed by atoms with Gasteiger partial charge in [0.15, 0.2) is 0 Å². The van der Waals surface area contributed by atoms with Gasteiger partial charge in [0, 0.05) is 32.8 Å². The van der Waals surface area contributed by atoms with Crippen molar-refractivity contribution >= 4 is 5.91 Å². The maximum absolute atomic E-state index is 12.2. The van der Waals surface area contributed by atoms with Crippen LogP contribution in [0.4, 0.5) is 0 Å². The van der Waals surface area contributed by atoms with Gasteiger partial charge >= 0.3 is 0 Å². The molecule has 0 bridgehead atoms. The Bertz CT molecular complexity index is 555. The van der Waals surface area contributed by atoms with Gasteiger partial charge in [-0.2, -0.15) is 0 Å². The lowest BCUT2D eigenvalue weighted by molar-refractivity contribution is -0.140. The number of hydrogen-bond donors (Lipinski definition) is 2. The van der Waals surface area contributed by atoms with E-state index in [1.807, 2.05) is 6.92 Å². The zero-order valence-corrected chi connectivity index (χ0v) is 13.8. The molecule has 2 heterocycles. The maximum atomic E-state index is 12.2. The molecule has 2 N–H and O–H groups in total. The topological polar surface area (TPSA) is 61.8 Å². The van der Waals surface area contributed by atoms with Crippen LogP contribution >= 0.6 is 0 Å². The highest BCUT2D eigenvalue weighted by Gasteiger charge is 2.37. The summed E-state index contributed by atoms with van der Waals surface area (Å²) in [4.78, 5) is 14.4. The van der Waals surface area contributed by atoms with Gasteiger partial charge < -0.3 is 15.2 Å². The van der Waals surface area contributed by atoms with Crippen LogP contribution in [0.25, 0.3) is 0 Å². The third-order valence-electron chi connectivity index (χ3n) is 4.88. The molecule has 0 aliphatic carbocycles. The normalized spacial score (nSPS) is 25.8. The van der Waals surface area contributed by atoms with E-state index >= 15 is 0 Å². The summed E-state index contributed by atoms with van der Waals surface area (Å²) in [6.07, 6.45) is 2.12. The molecule has 0 spiro atoms. The second-order valence-electron chi connectivity index (χ2n) is 6.80. The van der Waals surface area contributed by atoms with E-state index in [9.17, 15) is 9.90 Å². The van der Waals surface area contributed by atoms with Crippen molar-refractivity contribution in [3.8, 4) is 0 Å². The Labute approximate surface area is 137 Å². The number of benzene rings is 1. The van der Waals surface area contributed by atoms with E-state index < -0.39 is 11.7 Å². The summed E-state index contributed by atoms with van der Waals surface area (Å²) in [5.74, 6) is -0.113. The van der Waals surface area contributed by atoms with Gasteiger partial charge in [0.05, 0.1) is 6.10 Å². The summed E-state index contributed by atoms with van der Waals surface area (Å²) >= 11 is 0. The first kappa shape index (κ1) is 16.4. The van der Waals surface area contributed by atoms with E-state index in [-0.39, 0.29) is 12.5 Å². The number of β-amino-alcohol motifs (C(OH)–C–C–N with tert-alkyl or cyclic N) is 1. The van der Waals surface area contributed by atoms with Gasteiger partial charge in [-0.05, 0) is 37.3 Å². The van der Waals surface area contributed by atoms with Gasteiger partial charge in [-0.25, -0.2) is 0 Å². The lowest BCUT2D eigenvalue weighted by Gasteiger charge is -2.30. The number of nitrogens with zero attached hydrogens (tertiary/aromatic N) is 1. The first-order valence-electron chi connectivity index (χ1n) is 8.46. The summed E-state index contributed by atoms with van der Waals surface area (Å²) in [5, 5.41) is 13.1. The zero-order chi connectivity index (χ0) is 16.3. The standard InChI is InChI=1S/C18H26N2O3/c1-18(8-4-10-23-18)17(22)19-11-16(21)13-20-9-7-14-5-2-3-6-15(14)12-20/h2-3,5-6,16,21H,4,7-13H2,1H3,(H,19,22). The van der Waals surface area contributed by atoms with Crippen LogP contribution in [0.3, 0.4) is 0 Å². The average Bonchev–Trinajstić information content (AvgIpc) is 3.00. The Morgan fingerprint density at radius 2 is 2.22 bits per heavy atom. The van der Waals surface area contributed by atoms with E-state index in [1.54, 1.807) is 0 Å². The Morgan fingerprint density at radius 3 is 2.96 bits per heavy atom. The quantitative estimate of drug-likeness (QED) is 0.853. The van der Waals surface area contributed by atoms with Crippen molar-refractivity contribution in [2.75, 3.05) is 26.2 Å². The molecular formula is C18H26N2O3. The monoisotopic (exact) mass is 318 g/mol. The molecule has 2 unspecified atom stereocenters. The van der Waals surface area contributed by atoms with E-state index in [0.29, 0.717) is 13.2 Å². The minimum absolute atomic E-state index is 0.113. The fourth-order valence-corrected chi connectivity index (χ4v) is 3.43. The van der Waals surface area contributed by atoms with Crippen molar-refractivity contribution in [1.29, 1.82) is 0 Å². The van der Waals surface area contributed by atoms with E-state index in [4.69, 9.17) is 4.74 Å². The molecule has 126 valence electrons. The highest BCUT2D eigenvalue weighted by atomic mass is 16.5. The second kappa shape index (κ2) is 6.99. The van der Waals surface area contributed by atoms with Gasteiger partial charge in [0.25, 0.3) is 5.91 Å². The van der Waals surface area contributed by atoms with Crippen LogP contribution in [0.5, 0.6) is 0 Å². The first-order chi connectivity index (χ1) is 11.1. The SMILES string of the molecule is CC1(C(=O)NCC(O)CN2CCc3ccccc3C2)CCCO1. The number of carbonyl (C=O) groups is 1. The lowest BCUT2D eigenvalue weighted by atomic mass is 9.99. The summed E-state index contributed by atoms with van der Waals surface area (Å²) in [6, 6.07) is 8.45. The molecule has 1 aromatic carbocycles. The van der Waals surface area contributed by atoms with E-state index in [2.05, 4.69) is 34.5 Å². The summed E-state index contributed by atoms with van der Waals surface area (Å²) in [7, 11) is 0. The molecule has 1 aromatic rings. The predicted octanol–water partition coefficient (Wildman–Crippen LogP) is 1.09. The minimum Gasteiger partial charge on any atom is -0.390 e. The Balaban J connectivity index is 1.45. The molecule has 0 radical (unpaired) electrons. The van der Waals surface area contributed by atoms with Crippen LogP contribution in [0.1, 0.15) is 30.9 Å². The maximum Gasteiger partial charge on any atom is 0.252 e. The molecule has 1 fully saturated rings. The molecule has 3 rings (SSSR count). The number of nitrogens with one attached hydrogen (secondary N) is 1. The molecule has 2 atom stereocenters. The largest absolute Gasteiger partial charge is 0.390 e. The van der Waals surface area contributed by atoms with E-state index in [1.165, 1.54) is 11.1 Å². The fraction of sp³-hybridized carbons (Fsp3) is 0.611. The van der Waals surface area contributed by atoms with Gasteiger partial charge in [0.2, 0.25) is 0 Å². The molecule has 2 aliphatic rings. The first-order valence-corrected chi connectivity index (χ1v) is 8.46. The van der Waals surface area contributed by atoms with Crippen LogP contribution in [-0.2, 0) is 22.5 Å². The average molecular weight is 318 g/mol.